The Bertz CT molecular complexity index is 1420. The second kappa shape index (κ2) is 9.22. The van der Waals surface area contributed by atoms with Gasteiger partial charge >= 0.3 is 18.2 Å². The van der Waals surface area contributed by atoms with Gasteiger partial charge in [-0.05, 0) is 29.7 Å². The lowest BCUT2D eigenvalue weighted by atomic mass is 10.0. The molecule has 0 spiro atoms. The van der Waals surface area contributed by atoms with Crippen LogP contribution in [0.25, 0.3) is 10.6 Å². The molecule has 15 heteroatoms. The molecule has 1 saturated carbocycles. The van der Waals surface area contributed by atoms with Crippen molar-refractivity contribution >= 4 is 33.4 Å². The first-order chi connectivity index (χ1) is 16.8. The minimum absolute atomic E-state index is 0.0146. The van der Waals surface area contributed by atoms with E-state index in [0.29, 0.717) is 29.4 Å². The summed E-state index contributed by atoms with van der Waals surface area (Å²) in [5.41, 5.74) is 4.23. The summed E-state index contributed by atoms with van der Waals surface area (Å²) in [6, 6.07) is 9.82. The number of benzene rings is 1. The molecule has 4 rings (SSSR count). The number of carboxylic acids is 1. The Morgan fingerprint density at radius 1 is 1.28 bits per heavy atom. The number of rotatable bonds is 9. The first-order valence-electron chi connectivity index (χ1n) is 10.2. The molecule has 1 amide bonds. The van der Waals surface area contributed by atoms with Crippen molar-refractivity contribution in [2.45, 2.75) is 34.7 Å². The highest BCUT2D eigenvalue weighted by Crippen LogP contribution is 2.53. The van der Waals surface area contributed by atoms with Crippen molar-refractivity contribution in [2.24, 2.45) is 5.73 Å². The SMILES string of the molecule is NC(=O)OCCc1cccc(C2CC2(NS(=O)(=O)c2ccc(-c3cc(C(F)(F)F)on3)s2)C(=O)O)c1. The van der Waals surface area contributed by atoms with Gasteiger partial charge in [0.15, 0.2) is 0 Å². The Kier molecular flexibility index (Phi) is 6.57. The zero-order valence-corrected chi connectivity index (χ0v) is 19.7. The lowest BCUT2D eigenvalue weighted by Crippen LogP contribution is -2.44. The minimum atomic E-state index is -4.75. The Balaban J connectivity index is 1.52. The van der Waals surface area contributed by atoms with E-state index in [1.54, 1.807) is 24.3 Å². The lowest BCUT2D eigenvalue weighted by Gasteiger charge is -2.15. The molecule has 2 atom stereocenters. The molecule has 0 aliphatic heterocycles. The monoisotopic (exact) mass is 545 g/mol. The maximum Gasteiger partial charge on any atom is 0.452 e. The van der Waals surface area contributed by atoms with Gasteiger partial charge < -0.3 is 20.1 Å². The Labute approximate surface area is 205 Å². The van der Waals surface area contributed by atoms with Crippen LogP contribution in [-0.2, 0) is 32.2 Å². The van der Waals surface area contributed by atoms with Gasteiger partial charge in [0.05, 0.1) is 11.5 Å². The van der Waals surface area contributed by atoms with Crippen LogP contribution in [0.2, 0.25) is 0 Å². The molecule has 2 heterocycles. The van der Waals surface area contributed by atoms with Crippen molar-refractivity contribution in [1.82, 2.24) is 9.88 Å². The van der Waals surface area contributed by atoms with Gasteiger partial charge in [-0.25, -0.2) is 13.2 Å². The zero-order chi connectivity index (χ0) is 26.3. The Hall–Kier alpha value is -3.43. The van der Waals surface area contributed by atoms with Crippen LogP contribution in [0.5, 0.6) is 0 Å². The summed E-state index contributed by atoms with van der Waals surface area (Å²) < 4.78 is 75.2. The van der Waals surface area contributed by atoms with E-state index in [9.17, 15) is 36.3 Å². The van der Waals surface area contributed by atoms with Gasteiger partial charge in [-0.3, -0.25) is 4.79 Å². The van der Waals surface area contributed by atoms with Crippen molar-refractivity contribution in [1.29, 1.82) is 0 Å². The van der Waals surface area contributed by atoms with E-state index in [4.69, 9.17) is 10.5 Å². The quantitative estimate of drug-likeness (QED) is 0.369. The second-order valence-electron chi connectivity index (χ2n) is 7.99. The number of halogens is 3. The van der Waals surface area contributed by atoms with Gasteiger partial charge in [0.25, 0.3) is 10.0 Å². The number of thiophene rings is 1. The van der Waals surface area contributed by atoms with Gasteiger partial charge in [0.2, 0.25) is 5.76 Å². The summed E-state index contributed by atoms with van der Waals surface area (Å²) in [6.07, 6.45) is -5.36. The second-order valence-corrected chi connectivity index (χ2v) is 11.0. The predicted molar refractivity (Wildman–Crippen MR) is 119 cm³/mol. The number of amides is 1. The molecule has 0 bridgehead atoms. The van der Waals surface area contributed by atoms with Crippen LogP contribution in [0.3, 0.4) is 0 Å². The number of hydrogen-bond donors (Lipinski definition) is 3. The van der Waals surface area contributed by atoms with Crippen LogP contribution in [-0.4, -0.2) is 42.9 Å². The number of nitrogens with one attached hydrogen (secondary N) is 1. The number of nitrogens with zero attached hydrogens (tertiary/aromatic N) is 1. The molecule has 3 aromatic rings. The number of aliphatic carboxylic acids is 1. The summed E-state index contributed by atoms with van der Waals surface area (Å²) in [5.74, 6) is -3.38. The molecule has 1 aliphatic carbocycles. The average Bonchev–Trinajstić information content (AvgIpc) is 3.15. The number of alkyl halides is 3. The summed E-state index contributed by atoms with van der Waals surface area (Å²) in [6.45, 7) is 0.0247. The fraction of sp³-hybridized carbons (Fsp3) is 0.286. The highest BCUT2D eigenvalue weighted by atomic mass is 32.2. The molecule has 2 aromatic heterocycles. The maximum absolute atomic E-state index is 13.0. The van der Waals surface area contributed by atoms with E-state index in [0.717, 1.165) is 11.6 Å². The number of carbonyl (C=O) groups excluding carboxylic acids is 1. The largest absolute Gasteiger partial charge is 0.480 e. The molecule has 36 heavy (non-hydrogen) atoms. The summed E-state index contributed by atoms with van der Waals surface area (Å²) >= 11 is 0.623. The van der Waals surface area contributed by atoms with Crippen molar-refractivity contribution in [2.75, 3.05) is 6.61 Å². The molecule has 1 fully saturated rings. The van der Waals surface area contributed by atoms with E-state index in [1.165, 1.54) is 6.07 Å². The highest BCUT2D eigenvalue weighted by Gasteiger charge is 2.63. The summed E-state index contributed by atoms with van der Waals surface area (Å²) in [7, 11) is -4.35. The van der Waals surface area contributed by atoms with Crippen molar-refractivity contribution in [3.05, 3.63) is 59.4 Å². The minimum Gasteiger partial charge on any atom is -0.480 e. The third kappa shape index (κ3) is 5.22. The third-order valence-electron chi connectivity index (χ3n) is 5.54. The van der Waals surface area contributed by atoms with E-state index >= 15 is 0 Å². The van der Waals surface area contributed by atoms with Gasteiger partial charge in [0.1, 0.15) is 15.4 Å². The van der Waals surface area contributed by atoms with Gasteiger partial charge in [0, 0.05) is 18.4 Å². The third-order valence-corrected chi connectivity index (χ3v) is 8.65. The Morgan fingerprint density at radius 3 is 2.67 bits per heavy atom. The summed E-state index contributed by atoms with van der Waals surface area (Å²) in [4.78, 5) is 22.9. The molecule has 4 N–H and O–H groups in total. The first kappa shape index (κ1) is 25.7. The van der Waals surface area contributed by atoms with Crippen LogP contribution in [0.4, 0.5) is 18.0 Å². The van der Waals surface area contributed by atoms with Crippen molar-refractivity contribution < 1.29 is 45.5 Å². The maximum atomic E-state index is 13.0. The molecular weight excluding hydrogens is 527 g/mol. The highest BCUT2D eigenvalue weighted by molar-refractivity contribution is 7.91. The topological polar surface area (TPSA) is 162 Å². The van der Waals surface area contributed by atoms with Crippen molar-refractivity contribution in [3.8, 4) is 10.6 Å². The van der Waals surface area contributed by atoms with E-state index in [-0.39, 0.29) is 27.8 Å². The van der Waals surface area contributed by atoms with Gasteiger partial charge in [-0.15, -0.1) is 11.3 Å². The average molecular weight is 546 g/mol. The van der Waals surface area contributed by atoms with E-state index in [1.807, 2.05) is 0 Å². The van der Waals surface area contributed by atoms with Crippen LogP contribution in [0, 0.1) is 0 Å². The van der Waals surface area contributed by atoms with Crippen LogP contribution in [0.15, 0.2) is 51.2 Å². The Morgan fingerprint density at radius 2 is 2.03 bits per heavy atom. The van der Waals surface area contributed by atoms with E-state index in [2.05, 4.69) is 14.4 Å². The molecule has 0 radical (unpaired) electrons. The number of carboxylic acid groups (broad SMARTS) is 1. The fourth-order valence-electron chi connectivity index (χ4n) is 3.71. The number of aromatic nitrogens is 1. The number of hydrogen-bond acceptors (Lipinski definition) is 8. The number of ether oxygens (including phenoxy) is 1. The molecule has 1 aliphatic rings. The molecule has 0 saturated heterocycles. The van der Waals surface area contributed by atoms with Gasteiger partial charge in [-0.1, -0.05) is 29.4 Å². The zero-order valence-electron chi connectivity index (χ0n) is 18.1. The first-order valence-corrected chi connectivity index (χ1v) is 12.5. The normalized spacial score (nSPS) is 19.7. The standard InChI is InChI=1S/C21H18F3N3O7S2/c22-21(23,24)16-9-14(26-34-16)15-4-5-17(35-15)36(31,32)27-20(18(28)29)10-13(20)12-3-1-2-11(8-12)6-7-33-19(25)30/h1-5,8-9,13,27H,6-7,10H2,(H2,25,30)(H,28,29). The number of sulfonamides is 1. The molecular formula is C21H18F3N3O7S2. The van der Waals surface area contributed by atoms with Crippen LogP contribution >= 0.6 is 11.3 Å². The van der Waals surface area contributed by atoms with Gasteiger partial charge in [-0.2, -0.15) is 17.9 Å². The van der Waals surface area contributed by atoms with Crippen LogP contribution in [0.1, 0.15) is 29.2 Å². The molecule has 192 valence electrons. The molecule has 10 nitrogen and oxygen atoms in total. The van der Waals surface area contributed by atoms with Crippen LogP contribution < -0.4 is 10.5 Å². The number of carbonyl (C=O) groups is 2. The fourth-order valence-corrected chi connectivity index (χ4v) is 6.37. The smallest absolute Gasteiger partial charge is 0.452 e. The molecule has 2 unspecified atom stereocenters. The van der Waals surface area contributed by atoms with Crippen molar-refractivity contribution in [3.63, 3.8) is 0 Å². The summed E-state index contributed by atoms with van der Waals surface area (Å²) in [5, 5.41) is 13.2. The number of nitrogens with two attached hydrogens (primary N) is 1. The number of primary amides is 1. The lowest BCUT2D eigenvalue weighted by molar-refractivity contribution is -0.155. The predicted octanol–water partition coefficient (Wildman–Crippen LogP) is 3.35. The molecule has 1 aromatic carbocycles. The van der Waals surface area contributed by atoms with E-state index < -0.39 is 45.5 Å².